The molecule has 0 radical (unpaired) electrons. The van der Waals surface area contributed by atoms with Crippen LogP contribution < -0.4 is 5.32 Å². The number of nitrogens with one attached hydrogen (secondary N) is 1. The van der Waals surface area contributed by atoms with Gasteiger partial charge in [-0.25, -0.2) is 9.18 Å². The van der Waals surface area contributed by atoms with Crippen LogP contribution in [0.4, 0.5) is 15.8 Å². The van der Waals surface area contributed by atoms with E-state index < -0.39 is 28.0 Å². The minimum atomic E-state index is -1.52. The maximum Gasteiger partial charge on any atom is 0.338 e. The van der Waals surface area contributed by atoms with Crippen molar-refractivity contribution < 1.29 is 19.2 Å². The molecule has 6 nitrogen and oxygen atoms in total. The lowest BCUT2D eigenvalue weighted by Crippen LogP contribution is -2.24. The fraction of sp³-hybridized carbons (Fsp3) is 0.500. The molecule has 0 aliphatic heterocycles. The monoisotopic (exact) mass is 296 g/mol. The standard InChI is InChI=1S/C14H17FN2O4/c1-7-3-4-11(8(7)2)16-12-6-10(15)9(14(18)19)5-13(12)17(20)21/h5-8,11,16H,3-4H2,1-2H3,(H,18,19). The SMILES string of the molecule is CC1CCC(Nc2cc(F)c(C(=O)O)cc2[N+](=O)[O-])C1C. The highest BCUT2D eigenvalue weighted by Crippen LogP contribution is 2.36. The molecule has 3 atom stereocenters. The molecular formula is C14H17FN2O4. The first-order valence-electron chi connectivity index (χ1n) is 6.79. The number of carboxylic acid groups (broad SMARTS) is 1. The Morgan fingerprint density at radius 1 is 1.43 bits per heavy atom. The Morgan fingerprint density at radius 2 is 2.10 bits per heavy atom. The van der Waals surface area contributed by atoms with Gasteiger partial charge in [-0.2, -0.15) is 0 Å². The molecule has 114 valence electrons. The molecule has 1 aromatic rings. The number of hydrogen-bond donors (Lipinski definition) is 2. The zero-order valence-electron chi connectivity index (χ0n) is 11.8. The van der Waals surface area contributed by atoms with Crippen molar-refractivity contribution in [3.05, 3.63) is 33.6 Å². The van der Waals surface area contributed by atoms with Crippen LogP contribution in [-0.4, -0.2) is 22.0 Å². The first-order valence-corrected chi connectivity index (χ1v) is 6.79. The summed E-state index contributed by atoms with van der Waals surface area (Å²) in [7, 11) is 0. The van der Waals surface area contributed by atoms with Gasteiger partial charge in [0.15, 0.2) is 0 Å². The Labute approximate surface area is 121 Å². The Balaban J connectivity index is 2.36. The lowest BCUT2D eigenvalue weighted by Gasteiger charge is -2.21. The minimum Gasteiger partial charge on any atom is -0.478 e. The third kappa shape index (κ3) is 2.96. The van der Waals surface area contributed by atoms with Gasteiger partial charge in [-0.1, -0.05) is 13.8 Å². The number of nitro groups is 1. The summed E-state index contributed by atoms with van der Waals surface area (Å²) < 4.78 is 13.7. The number of aromatic carboxylic acids is 1. The molecule has 1 aromatic carbocycles. The van der Waals surface area contributed by atoms with Gasteiger partial charge in [0.25, 0.3) is 5.69 Å². The molecule has 2 N–H and O–H groups in total. The summed E-state index contributed by atoms with van der Waals surface area (Å²) in [6.45, 7) is 4.15. The molecule has 21 heavy (non-hydrogen) atoms. The highest BCUT2D eigenvalue weighted by Gasteiger charge is 2.31. The molecule has 1 saturated carbocycles. The summed E-state index contributed by atoms with van der Waals surface area (Å²) in [5, 5.41) is 22.9. The molecule has 2 rings (SSSR count). The number of nitro benzene ring substituents is 1. The topological polar surface area (TPSA) is 92.5 Å². The van der Waals surface area contributed by atoms with Gasteiger partial charge in [-0.3, -0.25) is 10.1 Å². The molecule has 7 heteroatoms. The highest BCUT2D eigenvalue weighted by atomic mass is 19.1. The molecule has 3 unspecified atom stereocenters. The first kappa shape index (κ1) is 15.2. The quantitative estimate of drug-likeness (QED) is 0.657. The van der Waals surface area contributed by atoms with E-state index in [1.54, 1.807) is 0 Å². The molecule has 0 saturated heterocycles. The van der Waals surface area contributed by atoms with Gasteiger partial charge in [-0.05, 0) is 24.7 Å². The number of hydrogen-bond acceptors (Lipinski definition) is 4. The predicted octanol–water partition coefficient (Wildman–Crippen LogP) is 3.28. The molecule has 0 bridgehead atoms. The van der Waals surface area contributed by atoms with Crippen molar-refractivity contribution in [3.8, 4) is 0 Å². The second kappa shape index (κ2) is 5.67. The van der Waals surface area contributed by atoms with Crippen molar-refractivity contribution in [2.75, 3.05) is 5.32 Å². The van der Waals surface area contributed by atoms with E-state index in [0.717, 1.165) is 25.0 Å². The molecule has 0 aromatic heterocycles. The number of carbonyl (C=O) groups is 1. The van der Waals surface area contributed by atoms with Crippen LogP contribution in [0.25, 0.3) is 0 Å². The molecule has 0 amide bonds. The van der Waals surface area contributed by atoms with Gasteiger partial charge in [0, 0.05) is 18.2 Å². The smallest absolute Gasteiger partial charge is 0.338 e. The maximum absolute atomic E-state index is 13.7. The zero-order chi connectivity index (χ0) is 15.7. The van der Waals surface area contributed by atoms with Gasteiger partial charge in [0.05, 0.1) is 4.92 Å². The van der Waals surface area contributed by atoms with Crippen LogP contribution in [0.15, 0.2) is 12.1 Å². The number of carboxylic acids is 1. The normalized spacial score (nSPS) is 24.8. The van der Waals surface area contributed by atoms with E-state index in [-0.39, 0.29) is 11.7 Å². The Kier molecular flexibility index (Phi) is 4.11. The van der Waals surface area contributed by atoms with Gasteiger partial charge in [0.2, 0.25) is 0 Å². The van der Waals surface area contributed by atoms with Gasteiger partial charge in [0.1, 0.15) is 17.1 Å². The average molecular weight is 296 g/mol. The second-order valence-corrected chi connectivity index (χ2v) is 5.58. The van der Waals surface area contributed by atoms with Crippen LogP contribution in [0.2, 0.25) is 0 Å². The van der Waals surface area contributed by atoms with Crippen molar-refractivity contribution in [1.82, 2.24) is 0 Å². The van der Waals surface area contributed by atoms with E-state index in [1.807, 2.05) is 6.92 Å². The van der Waals surface area contributed by atoms with Crippen molar-refractivity contribution in [2.45, 2.75) is 32.7 Å². The Hall–Kier alpha value is -2.18. The first-order chi connectivity index (χ1) is 9.81. The van der Waals surface area contributed by atoms with Crippen molar-refractivity contribution in [3.63, 3.8) is 0 Å². The number of anilines is 1. The summed E-state index contributed by atoms with van der Waals surface area (Å²) in [6, 6.07) is 1.69. The van der Waals surface area contributed by atoms with E-state index in [0.29, 0.717) is 11.8 Å². The van der Waals surface area contributed by atoms with E-state index >= 15 is 0 Å². The van der Waals surface area contributed by atoms with E-state index in [4.69, 9.17) is 5.11 Å². The van der Waals surface area contributed by atoms with Crippen LogP contribution in [0.1, 0.15) is 37.0 Å². The fourth-order valence-electron chi connectivity index (χ4n) is 2.76. The third-order valence-electron chi connectivity index (χ3n) is 4.32. The van der Waals surface area contributed by atoms with Crippen LogP contribution >= 0.6 is 0 Å². The molecular weight excluding hydrogens is 279 g/mol. The van der Waals surface area contributed by atoms with Crippen molar-refractivity contribution in [2.24, 2.45) is 11.8 Å². The van der Waals surface area contributed by atoms with E-state index in [1.165, 1.54) is 0 Å². The van der Waals surface area contributed by atoms with Crippen LogP contribution in [0, 0.1) is 27.8 Å². The fourth-order valence-corrected chi connectivity index (χ4v) is 2.76. The largest absolute Gasteiger partial charge is 0.478 e. The zero-order valence-corrected chi connectivity index (χ0v) is 11.8. The van der Waals surface area contributed by atoms with Crippen LogP contribution in [0.5, 0.6) is 0 Å². The molecule has 0 spiro atoms. The van der Waals surface area contributed by atoms with Crippen LogP contribution in [-0.2, 0) is 0 Å². The van der Waals surface area contributed by atoms with Crippen LogP contribution in [0.3, 0.4) is 0 Å². The minimum absolute atomic E-state index is 0.0220. The van der Waals surface area contributed by atoms with Gasteiger partial charge < -0.3 is 10.4 Å². The molecule has 1 fully saturated rings. The number of benzene rings is 1. The Bertz CT molecular complexity index is 591. The molecule has 1 aliphatic rings. The van der Waals surface area contributed by atoms with Crippen molar-refractivity contribution >= 4 is 17.3 Å². The highest BCUT2D eigenvalue weighted by molar-refractivity contribution is 5.90. The summed E-state index contributed by atoms with van der Waals surface area (Å²) >= 11 is 0. The number of nitrogens with zero attached hydrogens (tertiary/aromatic N) is 1. The average Bonchev–Trinajstić information content (AvgIpc) is 2.70. The molecule has 1 aliphatic carbocycles. The maximum atomic E-state index is 13.7. The lowest BCUT2D eigenvalue weighted by atomic mass is 9.97. The summed E-state index contributed by atoms with van der Waals surface area (Å²) in [5.74, 6) is -1.70. The van der Waals surface area contributed by atoms with Gasteiger partial charge in [-0.15, -0.1) is 0 Å². The summed E-state index contributed by atoms with van der Waals surface area (Å²) in [6.07, 6.45) is 1.85. The summed E-state index contributed by atoms with van der Waals surface area (Å²) in [5.41, 5.74) is -1.07. The molecule has 0 heterocycles. The third-order valence-corrected chi connectivity index (χ3v) is 4.32. The van der Waals surface area contributed by atoms with E-state index in [9.17, 15) is 19.3 Å². The van der Waals surface area contributed by atoms with Crippen molar-refractivity contribution in [1.29, 1.82) is 0 Å². The number of halogens is 1. The Morgan fingerprint density at radius 3 is 2.57 bits per heavy atom. The lowest BCUT2D eigenvalue weighted by molar-refractivity contribution is -0.384. The predicted molar refractivity (Wildman–Crippen MR) is 75.0 cm³/mol. The van der Waals surface area contributed by atoms with Gasteiger partial charge >= 0.3 is 5.97 Å². The van der Waals surface area contributed by atoms with E-state index in [2.05, 4.69) is 12.2 Å². The second-order valence-electron chi connectivity index (χ2n) is 5.58. The summed E-state index contributed by atoms with van der Waals surface area (Å²) in [4.78, 5) is 21.2. The number of rotatable bonds is 4.